The summed E-state index contributed by atoms with van der Waals surface area (Å²) < 4.78 is 0. The zero-order chi connectivity index (χ0) is 14.1. The van der Waals surface area contributed by atoms with E-state index in [9.17, 15) is 0 Å². The van der Waals surface area contributed by atoms with E-state index in [1.165, 1.54) is 32.1 Å². The molecule has 1 aliphatic heterocycles. The van der Waals surface area contributed by atoms with E-state index in [1.807, 2.05) is 17.8 Å². The summed E-state index contributed by atoms with van der Waals surface area (Å²) in [6.07, 6.45) is 0. The molecule has 0 saturated carbocycles. The molecule has 0 saturated heterocycles. The molecular formula is C16H11Br2ClS. The molecule has 3 rings (SSSR count). The fourth-order valence-corrected chi connectivity index (χ4v) is 4.95. The van der Waals surface area contributed by atoms with Crippen LogP contribution in [0.2, 0.25) is 5.02 Å². The highest BCUT2D eigenvalue weighted by atomic mass is 79.9. The van der Waals surface area contributed by atoms with E-state index < -0.39 is 0 Å². The largest absolute Gasteiger partial charge is 0.0888 e. The van der Waals surface area contributed by atoms with E-state index >= 15 is 0 Å². The molecule has 2 aromatic rings. The molecule has 0 unspecified atom stereocenters. The molecule has 0 aromatic heterocycles. The lowest BCUT2D eigenvalue weighted by molar-refractivity contribution is 1.37. The number of allylic oxidation sites excluding steroid dienone is 2. The second-order valence-electron chi connectivity index (χ2n) is 4.46. The molecule has 20 heavy (non-hydrogen) atoms. The third kappa shape index (κ3) is 2.61. The Morgan fingerprint density at radius 3 is 2.25 bits per heavy atom. The first kappa shape index (κ1) is 14.7. The van der Waals surface area contributed by atoms with Crippen LogP contribution in [0.25, 0.3) is 11.1 Å². The molecule has 4 heteroatoms. The Hall–Kier alpha value is -0.220. The van der Waals surface area contributed by atoms with Crippen LogP contribution in [0.3, 0.4) is 0 Å². The number of fused-ring (bicyclic) bond motifs is 2. The Kier molecular flexibility index (Phi) is 4.61. The standard InChI is InChI=1S/C16H11Br2ClS/c17-8-13-11-3-1-2-4-15(11)20-16-6-5-10(19)7-12(16)14(13)9-18/h1-7H,8-9H2. The summed E-state index contributed by atoms with van der Waals surface area (Å²) in [5.41, 5.74) is 5.16. The molecule has 1 aliphatic rings. The molecule has 102 valence electrons. The Balaban J connectivity index is 2.34. The summed E-state index contributed by atoms with van der Waals surface area (Å²) in [6.45, 7) is 0. The van der Waals surface area contributed by atoms with Crippen LogP contribution in [0.1, 0.15) is 11.1 Å². The molecule has 0 aliphatic carbocycles. The average molecular weight is 431 g/mol. The minimum absolute atomic E-state index is 0.780. The lowest BCUT2D eigenvalue weighted by atomic mass is 9.97. The fraction of sp³-hybridized carbons (Fsp3) is 0.125. The molecule has 0 nitrogen and oxygen atoms in total. The Labute approximate surface area is 144 Å². The number of hydrogen-bond donors (Lipinski definition) is 0. The first-order valence-corrected chi connectivity index (χ1v) is 9.59. The van der Waals surface area contributed by atoms with Crippen molar-refractivity contribution in [3.8, 4) is 0 Å². The topological polar surface area (TPSA) is 0 Å². The molecule has 0 bridgehead atoms. The minimum Gasteiger partial charge on any atom is -0.0888 e. The van der Waals surface area contributed by atoms with Gasteiger partial charge in [-0.1, -0.05) is 73.4 Å². The van der Waals surface area contributed by atoms with Crippen molar-refractivity contribution in [2.24, 2.45) is 0 Å². The summed E-state index contributed by atoms with van der Waals surface area (Å²) in [6, 6.07) is 14.7. The van der Waals surface area contributed by atoms with Crippen LogP contribution < -0.4 is 0 Å². The minimum atomic E-state index is 0.780. The van der Waals surface area contributed by atoms with E-state index in [0.717, 1.165) is 15.7 Å². The van der Waals surface area contributed by atoms with E-state index in [-0.39, 0.29) is 0 Å². The van der Waals surface area contributed by atoms with E-state index in [0.29, 0.717) is 0 Å². The smallest absolute Gasteiger partial charge is 0.0412 e. The molecule has 0 N–H and O–H groups in total. The van der Waals surface area contributed by atoms with Gasteiger partial charge >= 0.3 is 0 Å². The molecule has 0 radical (unpaired) electrons. The van der Waals surface area contributed by atoms with Gasteiger partial charge in [0.1, 0.15) is 0 Å². The first-order chi connectivity index (χ1) is 9.74. The van der Waals surface area contributed by atoms with Crippen LogP contribution in [-0.4, -0.2) is 10.7 Å². The monoisotopic (exact) mass is 428 g/mol. The number of halogens is 3. The van der Waals surface area contributed by atoms with Crippen molar-refractivity contribution in [2.45, 2.75) is 9.79 Å². The van der Waals surface area contributed by atoms with Gasteiger partial charge in [0.05, 0.1) is 0 Å². The normalized spacial score (nSPS) is 13.8. The highest BCUT2D eigenvalue weighted by Crippen LogP contribution is 2.45. The van der Waals surface area contributed by atoms with Crippen molar-refractivity contribution in [3.63, 3.8) is 0 Å². The molecule has 2 aromatic carbocycles. The molecule has 1 heterocycles. The van der Waals surface area contributed by atoms with Gasteiger partial charge in [0.25, 0.3) is 0 Å². The highest BCUT2D eigenvalue weighted by molar-refractivity contribution is 9.09. The van der Waals surface area contributed by atoms with Gasteiger partial charge in [0.2, 0.25) is 0 Å². The zero-order valence-corrected chi connectivity index (χ0v) is 15.2. The van der Waals surface area contributed by atoms with Crippen molar-refractivity contribution in [1.29, 1.82) is 0 Å². The van der Waals surface area contributed by atoms with Crippen molar-refractivity contribution >= 4 is 66.4 Å². The summed E-state index contributed by atoms with van der Waals surface area (Å²) in [4.78, 5) is 2.55. The predicted octanol–water partition coefficient (Wildman–Crippen LogP) is 6.51. The molecule has 0 fully saturated rings. The van der Waals surface area contributed by atoms with E-state index in [2.05, 4.69) is 68.3 Å². The van der Waals surface area contributed by atoms with Crippen molar-refractivity contribution < 1.29 is 0 Å². The summed E-state index contributed by atoms with van der Waals surface area (Å²) in [5.74, 6) is 0. The molecular weight excluding hydrogens is 420 g/mol. The van der Waals surface area contributed by atoms with Gasteiger partial charge in [-0.2, -0.15) is 0 Å². The first-order valence-electron chi connectivity index (χ1n) is 6.15. The van der Waals surface area contributed by atoms with Crippen LogP contribution >= 0.6 is 55.2 Å². The maximum absolute atomic E-state index is 6.20. The third-order valence-electron chi connectivity index (χ3n) is 3.33. The van der Waals surface area contributed by atoms with Crippen LogP contribution in [-0.2, 0) is 0 Å². The second kappa shape index (κ2) is 6.27. The van der Waals surface area contributed by atoms with Crippen LogP contribution in [0.4, 0.5) is 0 Å². The predicted molar refractivity (Wildman–Crippen MR) is 96.4 cm³/mol. The van der Waals surface area contributed by atoms with Gasteiger partial charge in [0, 0.05) is 25.5 Å². The van der Waals surface area contributed by atoms with Crippen LogP contribution in [0, 0.1) is 0 Å². The number of hydrogen-bond acceptors (Lipinski definition) is 1. The average Bonchev–Trinajstić information content (AvgIpc) is 2.60. The lowest BCUT2D eigenvalue weighted by Gasteiger charge is -2.12. The number of alkyl halides is 2. The highest BCUT2D eigenvalue weighted by Gasteiger charge is 2.21. The molecule has 0 spiro atoms. The lowest BCUT2D eigenvalue weighted by Crippen LogP contribution is -1.95. The number of rotatable bonds is 2. The van der Waals surface area contributed by atoms with Crippen LogP contribution in [0.5, 0.6) is 0 Å². The third-order valence-corrected chi connectivity index (χ3v) is 5.84. The van der Waals surface area contributed by atoms with E-state index in [1.54, 1.807) is 0 Å². The van der Waals surface area contributed by atoms with Gasteiger partial charge < -0.3 is 0 Å². The van der Waals surface area contributed by atoms with Gasteiger partial charge in [-0.15, -0.1) is 0 Å². The Bertz CT molecular complexity index is 695. The Morgan fingerprint density at radius 1 is 0.850 bits per heavy atom. The van der Waals surface area contributed by atoms with Crippen molar-refractivity contribution in [2.75, 3.05) is 10.7 Å². The summed E-state index contributed by atoms with van der Waals surface area (Å²) >= 11 is 15.3. The van der Waals surface area contributed by atoms with Gasteiger partial charge in [-0.25, -0.2) is 0 Å². The number of benzene rings is 2. The molecule has 0 atom stereocenters. The van der Waals surface area contributed by atoms with Crippen molar-refractivity contribution in [1.82, 2.24) is 0 Å². The van der Waals surface area contributed by atoms with Crippen molar-refractivity contribution in [3.05, 3.63) is 58.6 Å². The van der Waals surface area contributed by atoms with E-state index in [4.69, 9.17) is 11.6 Å². The van der Waals surface area contributed by atoms with Crippen LogP contribution in [0.15, 0.2) is 52.3 Å². The SMILES string of the molecule is Clc1ccc2c(c1)C(CBr)=C(CBr)c1ccccc1S2. The zero-order valence-electron chi connectivity index (χ0n) is 10.5. The summed E-state index contributed by atoms with van der Waals surface area (Å²) in [7, 11) is 0. The second-order valence-corrected chi connectivity index (χ2v) is 7.10. The summed E-state index contributed by atoms with van der Waals surface area (Å²) in [5, 5.41) is 2.43. The van der Waals surface area contributed by atoms with Gasteiger partial charge in [0.15, 0.2) is 0 Å². The fourth-order valence-electron chi connectivity index (χ4n) is 2.38. The van der Waals surface area contributed by atoms with Gasteiger partial charge in [-0.3, -0.25) is 0 Å². The quantitative estimate of drug-likeness (QED) is 0.490. The maximum Gasteiger partial charge on any atom is 0.0412 e. The molecule has 0 amide bonds. The Morgan fingerprint density at radius 2 is 1.50 bits per heavy atom. The maximum atomic E-state index is 6.20. The van der Waals surface area contributed by atoms with Gasteiger partial charge in [-0.05, 0) is 46.5 Å².